The van der Waals surface area contributed by atoms with E-state index in [1.165, 1.54) is 0 Å². The molecule has 0 atom stereocenters. The third-order valence-corrected chi connectivity index (χ3v) is 2.83. The van der Waals surface area contributed by atoms with Crippen molar-refractivity contribution in [2.24, 2.45) is 0 Å². The summed E-state index contributed by atoms with van der Waals surface area (Å²) in [4.78, 5) is 0. The van der Waals surface area contributed by atoms with E-state index >= 15 is 0 Å². The second kappa shape index (κ2) is 4.68. The predicted molar refractivity (Wildman–Crippen MR) is 71.9 cm³/mol. The van der Waals surface area contributed by atoms with Gasteiger partial charge in [-0.05, 0) is 43.2 Å². The molecule has 0 radical (unpaired) electrons. The predicted octanol–water partition coefficient (Wildman–Crippen LogP) is 4.33. The second-order valence-electron chi connectivity index (χ2n) is 4.01. The van der Waals surface area contributed by atoms with E-state index in [2.05, 4.69) is 0 Å². The third kappa shape index (κ3) is 2.53. The van der Waals surface area contributed by atoms with E-state index in [1.807, 2.05) is 32.0 Å². The molecule has 0 aliphatic rings. The first-order valence-corrected chi connectivity index (χ1v) is 5.75. The van der Waals surface area contributed by atoms with E-state index in [0.717, 1.165) is 16.9 Å². The molecule has 0 aromatic heterocycles. The van der Waals surface area contributed by atoms with Crippen LogP contribution in [-0.4, -0.2) is 0 Å². The molecule has 0 bridgehead atoms. The lowest BCUT2D eigenvalue weighted by atomic mass is 10.1. The minimum atomic E-state index is 0.542. The first-order chi connectivity index (χ1) is 8.08. The largest absolute Gasteiger partial charge is 0.455 e. The van der Waals surface area contributed by atoms with Gasteiger partial charge in [0, 0.05) is 5.02 Å². The number of benzene rings is 2. The zero-order valence-electron chi connectivity index (χ0n) is 9.83. The topological polar surface area (TPSA) is 35.2 Å². The summed E-state index contributed by atoms with van der Waals surface area (Å²) < 4.78 is 5.84. The van der Waals surface area contributed by atoms with E-state index in [9.17, 15) is 0 Å². The molecular weight excluding hydrogens is 234 g/mol. The Morgan fingerprint density at radius 3 is 2.29 bits per heavy atom. The Balaban J connectivity index is 2.38. The van der Waals surface area contributed by atoms with Crippen LogP contribution < -0.4 is 10.5 Å². The fraction of sp³-hybridized carbons (Fsp3) is 0.143. The number of hydrogen-bond acceptors (Lipinski definition) is 2. The van der Waals surface area contributed by atoms with Crippen LogP contribution in [0.5, 0.6) is 11.5 Å². The number of nitrogen functional groups attached to an aromatic ring is 1. The lowest BCUT2D eigenvalue weighted by molar-refractivity contribution is 0.477. The van der Waals surface area contributed by atoms with Gasteiger partial charge in [0.05, 0.1) is 5.69 Å². The normalized spacial score (nSPS) is 10.3. The van der Waals surface area contributed by atoms with Gasteiger partial charge in [0.2, 0.25) is 0 Å². The van der Waals surface area contributed by atoms with Gasteiger partial charge in [0.15, 0.2) is 0 Å². The molecule has 17 heavy (non-hydrogen) atoms. The standard InChI is InChI=1S/C14H14ClNO/c1-9-4-3-5-10(2)14(9)17-13-7-6-11(15)8-12(13)16/h3-8H,16H2,1-2H3. The molecule has 2 nitrogen and oxygen atoms in total. The summed E-state index contributed by atoms with van der Waals surface area (Å²) in [5, 5.41) is 0.608. The van der Waals surface area contributed by atoms with Crippen molar-refractivity contribution in [3.63, 3.8) is 0 Å². The Labute approximate surface area is 106 Å². The molecule has 2 aromatic rings. The first kappa shape index (κ1) is 11.8. The smallest absolute Gasteiger partial charge is 0.150 e. The molecule has 88 valence electrons. The van der Waals surface area contributed by atoms with Crippen LogP contribution in [0.15, 0.2) is 36.4 Å². The molecule has 0 aliphatic carbocycles. The van der Waals surface area contributed by atoms with Gasteiger partial charge in [-0.2, -0.15) is 0 Å². The van der Waals surface area contributed by atoms with Gasteiger partial charge in [-0.1, -0.05) is 29.8 Å². The average molecular weight is 248 g/mol. The summed E-state index contributed by atoms with van der Waals surface area (Å²) in [6.45, 7) is 4.02. The highest BCUT2D eigenvalue weighted by Crippen LogP contribution is 2.33. The molecule has 0 amide bonds. The van der Waals surface area contributed by atoms with Crippen molar-refractivity contribution >= 4 is 17.3 Å². The molecule has 0 saturated heterocycles. The minimum absolute atomic E-state index is 0.542. The van der Waals surface area contributed by atoms with Crippen LogP contribution in [0.2, 0.25) is 5.02 Å². The van der Waals surface area contributed by atoms with E-state index in [4.69, 9.17) is 22.1 Å². The highest BCUT2D eigenvalue weighted by molar-refractivity contribution is 6.30. The fourth-order valence-electron chi connectivity index (χ4n) is 1.68. The maximum atomic E-state index is 5.86. The number of halogens is 1. The van der Waals surface area contributed by atoms with Crippen LogP contribution in [0.1, 0.15) is 11.1 Å². The molecule has 0 aliphatic heterocycles. The van der Waals surface area contributed by atoms with Crippen molar-refractivity contribution in [1.29, 1.82) is 0 Å². The SMILES string of the molecule is Cc1cccc(C)c1Oc1ccc(Cl)cc1N. The van der Waals surface area contributed by atoms with E-state index in [-0.39, 0.29) is 0 Å². The van der Waals surface area contributed by atoms with Crippen molar-refractivity contribution in [2.45, 2.75) is 13.8 Å². The summed E-state index contributed by atoms with van der Waals surface area (Å²) in [5.74, 6) is 1.48. The van der Waals surface area contributed by atoms with Crippen LogP contribution >= 0.6 is 11.6 Å². The molecule has 0 saturated carbocycles. The number of rotatable bonds is 2. The van der Waals surface area contributed by atoms with Crippen molar-refractivity contribution < 1.29 is 4.74 Å². The summed E-state index contributed by atoms with van der Waals surface area (Å²) in [6, 6.07) is 11.3. The van der Waals surface area contributed by atoms with Crippen LogP contribution in [0.3, 0.4) is 0 Å². The number of para-hydroxylation sites is 1. The Hall–Kier alpha value is -1.67. The zero-order chi connectivity index (χ0) is 12.4. The highest BCUT2D eigenvalue weighted by atomic mass is 35.5. The van der Waals surface area contributed by atoms with Crippen molar-refractivity contribution in [1.82, 2.24) is 0 Å². The van der Waals surface area contributed by atoms with Gasteiger partial charge < -0.3 is 10.5 Å². The Kier molecular flexibility index (Phi) is 3.25. The molecule has 3 heteroatoms. The van der Waals surface area contributed by atoms with Gasteiger partial charge >= 0.3 is 0 Å². The quantitative estimate of drug-likeness (QED) is 0.802. The fourth-order valence-corrected chi connectivity index (χ4v) is 1.86. The molecule has 0 heterocycles. The van der Waals surface area contributed by atoms with E-state index in [1.54, 1.807) is 18.2 Å². The number of nitrogens with two attached hydrogens (primary N) is 1. The number of aryl methyl sites for hydroxylation is 2. The summed E-state index contributed by atoms with van der Waals surface area (Å²) >= 11 is 5.85. The summed E-state index contributed by atoms with van der Waals surface area (Å²) in [6.07, 6.45) is 0. The van der Waals surface area contributed by atoms with Gasteiger partial charge in [-0.15, -0.1) is 0 Å². The molecule has 2 aromatic carbocycles. The summed E-state index contributed by atoms with van der Waals surface area (Å²) in [7, 11) is 0. The van der Waals surface area contributed by atoms with Crippen molar-refractivity contribution in [2.75, 3.05) is 5.73 Å². The third-order valence-electron chi connectivity index (χ3n) is 2.59. The van der Waals surface area contributed by atoms with Crippen molar-refractivity contribution in [3.8, 4) is 11.5 Å². The molecule has 0 fully saturated rings. The molecular formula is C14H14ClNO. The Morgan fingerprint density at radius 1 is 1.06 bits per heavy atom. The Bertz CT molecular complexity index is 532. The van der Waals surface area contributed by atoms with Gasteiger partial charge in [0.1, 0.15) is 11.5 Å². The molecule has 2 rings (SSSR count). The summed E-state index contributed by atoms with van der Waals surface area (Å²) in [5.41, 5.74) is 8.57. The monoisotopic (exact) mass is 247 g/mol. The van der Waals surface area contributed by atoms with Gasteiger partial charge in [0.25, 0.3) is 0 Å². The van der Waals surface area contributed by atoms with E-state index < -0.39 is 0 Å². The Morgan fingerprint density at radius 2 is 1.71 bits per heavy atom. The lowest BCUT2D eigenvalue weighted by Crippen LogP contribution is -1.95. The molecule has 0 spiro atoms. The minimum Gasteiger partial charge on any atom is -0.455 e. The van der Waals surface area contributed by atoms with Gasteiger partial charge in [-0.3, -0.25) is 0 Å². The first-order valence-electron chi connectivity index (χ1n) is 5.37. The second-order valence-corrected chi connectivity index (χ2v) is 4.44. The highest BCUT2D eigenvalue weighted by Gasteiger charge is 2.07. The maximum Gasteiger partial charge on any atom is 0.150 e. The average Bonchev–Trinajstić information content (AvgIpc) is 2.26. The number of ether oxygens (including phenoxy) is 1. The van der Waals surface area contributed by atoms with Crippen LogP contribution in [-0.2, 0) is 0 Å². The number of hydrogen-bond donors (Lipinski definition) is 1. The number of anilines is 1. The maximum absolute atomic E-state index is 5.86. The zero-order valence-corrected chi connectivity index (χ0v) is 10.6. The lowest BCUT2D eigenvalue weighted by Gasteiger charge is -2.13. The van der Waals surface area contributed by atoms with Gasteiger partial charge in [-0.25, -0.2) is 0 Å². The molecule has 2 N–H and O–H groups in total. The molecule has 0 unspecified atom stereocenters. The van der Waals surface area contributed by atoms with Crippen LogP contribution in [0.4, 0.5) is 5.69 Å². The van der Waals surface area contributed by atoms with Crippen molar-refractivity contribution in [3.05, 3.63) is 52.5 Å². The van der Waals surface area contributed by atoms with Crippen LogP contribution in [0, 0.1) is 13.8 Å². The van der Waals surface area contributed by atoms with Crippen LogP contribution in [0.25, 0.3) is 0 Å². The van der Waals surface area contributed by atoms with E-state index in [0.29, 0.717) is 16.5 Å².